The molecule has 1 aromatic carbocycles. The number of benzene rings is 1. The third kappa shape index (κ3) is 2.84. The second-order valence-corrected chi connectivity index (χ2v) is 6.42. The van der Waals surface area contributed by atoms with E-state index < -0.39 is 5.91 Å². The van der Waals surface area contributed by atoms with Gasteiger partial charge < -0.3 is 9.64 Å². The minimum absolute atomic E-state index is 0.206. The van der Waals surface area contributed by atoms with E-state index in [1.165, 1.54) is 5.56 Å². The first-order valence-electron chi connectivity index (χ1n) is 7.94. The fraction of sp³-hybridized carbons (Fsp3) is 0.529. The van der Waals surface area contributed by atoms with Crippen molar-refractivity contribution in [2.75, 3.05) is 26.8 Å². The van der Waals surface area contributed by atoms with Crippen LogP contribution in [0.5, 0.6) is 0 Å². The topological polar surface area (TPSA) is 78.9 Å². The molecule has 1 aromatic rings. The third-order valence-corrected chi connectivity index (χ3v) is 5.14. The first-order chi connectivity index (χ1) is 11.1. The number of aryl methyl sites for hydroxylation is 1. The van der Waals surface area contributed by atoms with Crippen molar-refractivity contribution < 1.29 is 19.5 Å². The molecule has 1 atom stereocenters. The van der Waals surface area contributed by atoms with E-state index in [-0.39, 0.29) is 11.3 Å². The van der Waals surface area contributed by atoms with Crippen molar-refractivity contribution in [3.63, 3.8) is 0 Å². The Morgan fingerprint density at radius 3 is 2.96 bits per heavy atom. The molecule has 1 spiro atoms. The molecule has 0 bridgehead atoms. The number of nitrogens with one attached hydrogen (secondary N) is 1. The summed E-state index contributed by atoms with van der Waals surface area (Å²) in [6.07, 6.45) is 3.22. The summed E-state index contributed by atoms with van der Waals surface area (Å²) in [6, 6.07) is 5.44. The Morgan fingerprint density at radius 1 is 1.39 bits per heavy atom. The van der Waals surface area contributed by atoms with Crippen LogP contribution in [0.1, 0.15) is 34.3 Å². The van der Waals surface area contributed by atoms with E-state index in [9.17, 15) is 9.59 Å². The second-order valence-electron chi connectivity index (χ2n) is 6.42. The Balaban J connectivity index is 1.82. The maximum absolute atomic E-state index is 12.8. The molecular formula is C17H22N2O4. The first kappa shape index (κ1) is 16.0. The highest BCUT2D eigenvalue weighted by Gasteiger charge is 2.47. The lowest BCUT2D eigenvalue weighted by Crippen LogP contribution is -2.39. The Bertz CT molecular complexity index is 631. The van der Waals surface area contributed by atoms with Gasteiger partial charge in [0.25, 0.3) is 5.91 Å². The molecule has 0 radical (unpaired) electrons. The number of likely N-dealkylation sites (tertiary alicyclic amines) is 1. The van der Waals surface area contributed by atoms with Crippen molar-refractivity contribution in [1.82, 2.24) is 10.4 Å². The highest BCUT2D eigenvalue weighted by Crippen LogP contribution is 2.43. The summed E-state index contributed by atoms with van der Waals surface area (Å²) in [5.74, 6) is -0.316. The molecule has 1 fully saturated rings. The second kappa shape index (κ2) is 6.29. The van der Waals surface area contributed by atoms with Crippen LogP contribution in [0.25, 0.3) is 0 Å². The molecule has 124 valence electrons. The molecule has 1 unspecified atom stereocenters. The molecule has 1 aliphatic heterocycles. The number of hydroxylamine groups is 1. The Labute approximate surface area is 135 Å². The SMILES string of the molecule is COCCN1CCC2(CCc3ccc(C(=O)NO)cc3C2)C1=O. The smallest absolute Gasteiger partial charge is 0.274 e. The zero-order chi connectivity index (χ0) is 16.4. The highest BCUT2D eigenvalue weighted by molar-refractivity contribution is 5.93. The molecule has 2 aliphatic rings. The molecule has 23 heavy (non-hydrogen) atoms. The molecule has 0 saturated carbocycles. The van der Waals surface area contributed by atoms with Gasteiger partial charge in [0.05, 0.1) is 12.0 Å². The number of nitrogens with zero attached hydrogens (tertiary/aromatic N) is 1. The van der Waals surface area contributed by atoms with E-state index in [1.54, 1.807) is 24.7 Å². The van der Waals surface area contributed by atoms with Crippen molar-refractivity contribution in [3.05, 3.63) is 34.9 Å². The van der Waals surface area contributed by atoms with E-state index in [4.69, 9.17) is 9.94 Å². The monoisotopic (exact) mass is 318 g/mol. The van der Waals surface area contributed by atoms with Gasteiger partial charge in [-0.05, 0) is 48.9 Å². The highest BCUT2D eigenvalue weighted by atomic mass is 16.5. The van der Waals surface area contributed by atoms with Gasteiger partial charge in [0.15, 0.2) is 0 Å². The third-order valence-electron chi connectivity index (χ3n) is 5.14. The summed E-state index contributed by atoms with van der Waals surface area (Å²) in [7, 11) is 1.64. The number of carbonyl (C=O) groups is 2. The lowest BCUT2D eigenvalue weighted by molar-refractivity contribution is -0.137. The molecule has 3 rings (SSSR count). The Kier molecular flexibility index (Phi) is 4.37. The van der Waals surface area contributed by atoms with E-state index in [0.717, 1.165) is 31.4 Å². The molecule has 1 aliphatic carbocycles. The van der Waals surface area contributed by atoms with Gasteiger partial charge in [-0.1, -0.05) is 6.07 Å². The van der Waals surface area contributed by atoms with Crippen molar-refractivity contribution >= 4 is 11.8 Å². The standard InChI is InChI=1S/C17H22N2O4/c1-23-9-8-19-7-6-17(16(19)21)5-4-12-2-3-13(15(20)18-22)10-14(12)11-17/h2-3,10,22H,4-9,11H2,1H3,(H,18,20). The molecule has 2 N–H and O–H groups in total. The van der Waals surface area contributed by atoms with Gasteiger partial charge in [0.1, 0.15) is 0 Å². The average Bonchev–Trinajstić information content (AvgIpc) is 2.87. The number of ether oxygens (including phenoxy) is 1. The van der Waals surface area contributed by atoms with Gasteiger partial charge in [0, 0.05) is 25.8 Å². The maximum atomic E-state index is 12.8. The summed E-state index contributed by atoms with van der Waals surface area (Å²) in [5.41, 5.74) is 3.97. The van der Waals surface area contributed by atoms with Crippen LogP contribution in [0.3, 0.4) is 0 Å². The fourth-order valence-corrected chi connectivity index (χ4v) is 3.77. The molecular weight excluding hydrogens is 296 g/mol. The number of fused-ring (bicyclic) bond motifs is 1. The maximum Gasteiger partial charge on any atom is 0.274 e. The van der Waals surface area contributed by atoms with Crippen LogP contribution in [0.2, 0.25) is 0 Å². The van der Waals surface area contributed by atoms with Gasteiger partial charge >= 0.3 is 0 Å². The minimum atomic E-state index is -0.521. The largest absolute Gasteiger partial charge is 0.383 e. The summed E-state index contributed by atoms with van der Waals surface area (Å²) < 4.78 is 5.08. The lowest BCUT2D eigenvalue weighted by Gasteiger charge is -2.33. The molecule has 2 amide bonds. The van der Waals surface area contributed by atoms with Crippen molar-refractivity contribution in [1.29, 1.82) is 0 Å². The fourth-order valence-electron chi connectivity index (χ4n) is 3.77. The summed E-state index contributed by atoms with van der Waals surface area (Å²) >= 11 is 0. The van der Waals surface area contributed by atoms with Crippen molar-refractivity contribution in [3.8, 4) is 0 Å². The normalized spacial score (nSPS) is 23.2. The Morgan fingerprint density at radius 2 is 2.22 bits per heavy atom. The zero-order valence-corrected chi connectivity index (χ0v) is 13.3. The molecule has 6 nitrogen and oxygen atoms in total. The number of hydrogen-bond acceptors (Lipinski definition) is 4. The van der Waals surface area contributed by atoms with Gasteiger partial charge in [0.2, 0.25) is 5.91 Å². The molecule has 1 heterocycles. The number of hydrogen-bond donors (Lipinski definition) is 2. The van der Waals surface area contributed by atoms with E-state index in [1.807, 2.05) is 11.0 Å². The van der Waals surface area contributed by atoms with Gasteiger partial charge in [-0.25, -0.2) is 5.48 Å². The first-order valence-corrected chi connectivity index (χ1v) is 7.94. The van der Waals surface area contributed by atoms with Gasteiger partial charge in [-0.2, -0.15) is 0 Å². The van der Waals surface area contributed by atoms with Crippen molar-refractivity contribution in [2.45, 2.75) is 25.7 Å². The van der Waals surface area contributed by atoms with Crippen LogP contribution in [-0.4, -0.2) is 48.7 Å². The van der Waals surface area contributed by atoms with Crippen LogP contribution in [-0.2, 0) is 22.4 Å². The molecule has 1 saturated heterocycles. The summed E-state index contributed by atoms with van der Waals surface area (Å²) in [6.45, 7) is 1.96. The van der Waals surface area contributed by atoms with E-state index in [0.29, 0.717) is 25.1 Å². The van der Waals surface area contributed by atoms with Crippen LogP contribution < -0.4 is 5.48 Å². The van der Waals surface area contributed by atoms with Gasteiger partial charge in [-0.15, -0.1) is 0 Å². The number of amides is 2. The predicted molar refractivity (Wildman–Crippen MR) is 83.2 cm³/mol. The quantitative estimate of drug-likeness (QED) is 0.645. The van der Waals surface area contributed by atoms with E-state index >= 15 is 0 Å². The molecule has 6 heteroatoms. The van der Waals surface area contributed by atoms with Gasteiger partial charge in [-0.3, -0.25) is 14.8 Å². The average molecular weight is 318 g/mol. The molecule has 0 aromatic heterocycles. The van der Waals surface area contributed by atoms with Crippen LogP contribution in [0.4, 0.5) is 0 Å². The van der Waals surface area contributed by atoms with Crippen LogP contribution in [0, 0.1) is 5.41 Å². The summed E-state index contributed by atoms with van der Waals surface area (Å²) in [5, 5.41) is 8.78. The number of methoxy groups -OCH3 is 1. The predicted octanol–water partition coefficient (Wildman–Crippen LogP) is 1.16. The number of rotatable bonds is 4. The van der Waals surface area contributed by atoms with E-state index in [2.05, 4.69) is 0 Å². The van der Waals surface area contributed by atoms with Crippen molar-refractivity contribution in [2.24, 2.45) is 5.41 Å². The van der Waals surface area contributed by atoms with Crippen LogP contribution >= 0.6 is 0 Å². The number of carbonyl (C=O) groups excluding carboxylic acids is 2. The summed E-state index contributed by atoms with van der Waals surface area (Å²) in [4.78, 5) is 26.3. The zero-order valence-electron chi connectivity index (χ0n) is 13.3. The lowest BCUT2D eigenvalue weighted by atomic mass is 9.70. The van der Waals surface area contributed by atoms with Crippen LogP contribution in [0.15, 0.2) is 18.2 Å². The Hall–Kier alpha value is -1.92. The minimum Gasteiger partial charge on any atom is -0.383 e.